The Kier molecular flexibility index (Phi) is 5.09. The molecule has 0 radical (unpaired) electrons. The van der Waals surface area contributed by atoms with Crippen molar-refractivity contribution in [1.82, 2.24) is 34.7 Å². The number of pyridine rings is 1. The van der Waals surface area contributed by atoms with Gasteiger partial charge in [-0.15, -0.1) is 5.10 Å². The maximum atomic E-state index is 13.5. The average molecular weight is 375 g/mol. The number of aromatic nitrogens is 7. The molecule has 0 N–H and O–H groups in total. The lowest BCUT2D eigenvalue weighted by Gasteiger charge is -2.11. The lowest BCUT2D eigenvalue weighted by Crippen LogP contribution is -2.09. The molecule has 0 unspecified atom stereocenters. The normalized spacial score (nSPS) is 10.9. The van der Waals surface area contributed by atoms with E-state index in [0.29, 0.717) is 29.6 Å². The fraction of sp³-hybridized carbons (Fsp3) is 0.200. The van der Waals surface area contributed by atoms with Crippen LogP contribution in [-0.2, 0) is 13.0 Å². The summed E-state index contributed by atoms with van der Waals surface area (Å²) < 4.78 is 15.4. The second kappa shape index (κ2) is 7.99. The molecule has 0 atom stereocenters. The fourth-order valence-corrected chi connectivity index (χ4v) is 2.98. The number of halogens is 1. The summed E-state index contributed by atoms with van der Waals surface area (Å²) >= 11 is 0. The molecule has 4 rings (SSSR count). The summed E-state index contributed by atoms with van der Waals surface area (Å²) in [5.74, 6) is 0.594. The molecule has 0 amide bonds. The standard InChI is InChI=1S/C20H18FN7/c1-2-5-14-12-16(19-22-8-4-9-23-19)26-27-17(14)13-28-11-10-24-20(28)15-6-3-7-18(21)25-15/h3-4,6-12H,2,5,13H2,1H3. The molecule has 0 fully saturated rings. The van der Waals surface area contributed by atoms with Crippen molar-refractivity contribution < 1.29 is 4.39 Å². The van der Waals surface area contributed by atoms with E-state index in [0.717, 1.165) is 24.1 Å². The fourth-order valence-electron chi connectivity index (χ4n) is 2.98. The molecular formula is C20H18FN7. The Morgan fingerprint density at radius 1 is 0.964 bits per heavy atom. The Labute approximate surface area is 161 Å². The smallest absolute Gasteiger partial charge is 0.213 e. The topological polar surface area (TPSA) is 82.3 Å². The number of aryl methyl sites for hydroxylation is 1. The van der Waals surface area contributed by atoms with Crippen LogP contribution in [0, 0.1) is 5.95 Å². The summed E-state index contributed by atoms with van der Waals surface area (Å²) in [4.78, 5) is 16.7. The van der Waals surface area contributed by atoms with Crippen LogP contribution in [0.5, 0.6) is 0 Å². The molecule has 0 saturated heterocycles. The van der Waals surface area contributed by atoms with Gasteiger partial charge in [0.05, 0.1) is 12.2 Å². The van der Waals surface area contributed by atoms with Crippen molar-refractivity contribution in [3.05, 3.63) is 72.3 Å². The Balaban J connectivity index is 1.68. The first-order chi connectivity index (χ1) is 13.7. The van der Waals surface area contributed by atoms with Gasteiger partial charge in [0, 0.05) is 24.8 Å². The van der Waals surface area contributed by atoms with E-state index in [9.17, 15) is 4.39 Å². The third-order valence-electron chi connectivity index (χ3n) is 4.25. The maximum absolute atomic E-state index is 13.5. The molecule has 4 aromatic rings. The molecule has 0 aliphatic heterocycles. The summed E-state index contributed by atoms with van der Waals surface area (Å²) in [6.07, 6.45) is 8.68. The Bertz CT molecular complexity index is 1080. The van der Waals surface area contributed by atoms with Crippen molar-refractivity contribution in [2.45, 2.75) is 26.3 Å². The zero-order valence-corrected chi connectivity index (χ0v) is 15.3. The van der Waals surface area contributed by atoms with E-state index >= 15 is 0 Å². The van der Waals surface area contributed by atoms with Crippen molar-refractivity contribution in [3.8, 4) is 23.0 Å². The van der Waals surface area contributed by atoms with Crippen molar-refractivity contribution in [2.75, 3.05) is 0 Å². The van der Waals surface area contributed by atoms with Crippen molar-refractivity contribution in [3.63, 3.8) is 0 Å². The first kappa shape index (κ1) is 17.8. The number of nitrogens with zero attached hydrogens (tertiary/aromatic N) is 7. The van der Waals surface area contributed by atoms with Crippen LogP contribution in [0.4, 0.5) is 4.39 Å². The van der Waals surface area contributed by atoms with E-state index in [2.05, 4.69) is 37.1 Å². The van der Waals surface area contributed by atoms with Gasteiger partial charge in [0.1, 0.15) is 11.4 Å². The first-order valence-corrected chi connectivity index (χ1v) is 9.01. The van der Waals surface area contributed by atoms with E-state index in [1.165, 1.54) is 6.07 Å². The zero-order chi connectivity index (χ0) is 19.3. The van der Waals surface area contributed by atoms with Crippen molar-refractivity contribution in [2.24, 2.45) is 0 Å². The number of hydrogen-bond acceptors (Lipinski definition) is 6. The molecule has 7 nitrogen and oxygen atoms in total. The van der Waals surface area contributed by atoms with E-state index in [1.807, 2.05) is 16.8 Å². The highest BCUT2D eigenvalue weighted by Gasteiger charge is 2.14. The molecule has 4 aromatic heterocycles. The highest BCUT2D eigenvalue weighted by atomic mass is 19.1. The SMILES string of the molecule is CCCc1cc(-c2ncccn2)nnc1Cn1ccnc1-c1cccc(F)n1. The molecule has 0 bridgehead atoms. The zero-order valence-electron chi connectivity index (χ0n) is 15.3. The molecule has 0 saturated carbocycles. The minimum absolute atomic E-state index is 0.464. The van der Waals surface area contributed by atoms with Gasteiger partial charge < -0.3 is 4.57 Å². The predicted octanol–water partition coefficient (Wildman–Crippen LogP) is 3.33. The van der Waals surface area contributed by atoms with Gasteiger partial charge in [-0.1, -0.05) is 19.4 Å². The van der Waals surface area contributed by atoms with Crippen LogP contribution in [-0.4, -0.2) is 34.7 Å². The largest absolute Gasteiger partial charge is 0.324 e. The quantitative estimate of drug-likeness (QED) is 0.481. The Morgan fingerprint density at radius 3 is 2.61 bits per heavy atom. The maximum Gasteiger partial charge on any atom is 0.213 e. The molecule has 140 valence electrons. The van der Waals surface area contributed by atoms with Gasteiger partial charge in [-0.3, -0.25) is 0 Å². The Hall–Kier alpha value is -3.55. The molecule has 0 aromatic carbocycles. The van der Waals surface area contributed by atoms with Crippen LogP contribution < -0.4 is 0 Å². The Morgan fingerprint density at radius 2 is 1.82 bits per heavy atom. The van der Waals surface area contributed by atoms with Gasteiger partial charge >= 0.3 is 0 Å². The minimum Gasteiger partial charge on any atom is -0.324 e. The van der Waals surface area contributed by atoms with Gasteiger partial charge in [-0.25, -0.2) is 19.9 Å². The molecular weight excluding hydrogens is 357 g/mol. The van der Waals surface area contributed by atoms with Crippen LogP contribution in [0.2, 0.25) is 0 Å². The molecule has 4 heterocycles. The van der Waals surface area contributed by atoms with Crippen LogP contribution in [0.25, 0.3) is 23.0 Å². The van der Waals surface area contributed by atoms with Gasteiger partial charge in [0.15, 0.2) is 11.6 Å². The molecule has 0 aliphatic rings. The van der Waals surface area contributed by atoms with Crippen molar-refractivity contribution in [1.29, 1.82) is 0 Å². The second-order valence-corrected chi connectivity index (χ2v) is 6.25. The van der Waals surface area contributed by atoms with Gasteiger partial charge in [-0.05, 0) is 36.2 Å². The van der Waals surface area contributed by atoms with Gasteiger partial charge in [-0.2, -0.15) is 9.49 Å². The van der Waals surface area contributed by atoms with Gasteiger partial charge in [0.2, 0.25) is 5.95 Å². The van der Waals surface area contributed by atoms with Crippen LogP contribution in [0.1, 0.15) is 24.6 Å². The van der Waals surface area contributed by atoms with E-state index < -0.39 is 5.95 Å². The third-order valence-corrected chi connectivity index (χ3v) is 4.25. The summed E-state index contributed by atoms with van der Waals surface area (Å²) in [5, 5.41) is 8.73. The minimum atomic E-state index is -0.536. The number of hydrogen-bond donors (Lipinski definition) is 0. The predicted molar refractivity (Wildman–Crippen MR) is 102 cm³/mol. The van der Waals surface area contributed by atoms with Crippen molar-refractivity contribution >= 4 is 0 Å². The molecule has 8 heteroatoms. The van der Waals surface area contributed by atoms with E-state index in [1.54, 1.807) is 36.8 Å². The highest BCUT2D eigenvalue weighted by molar-refractivity contribution is 5.51. The second-order valence-electron chi connectivity index (χ2n) is 6.25. The summed E-state index contributed by atoms with van der Waals surface area (Å²) in [5.41, 5.74) is 3.03. The average Bonchev–Trinajstić information content (AvgIpc) is 3.18. The number of imidazole rings is 1. The number of rotatable bonds is 6. The first-order valence-electron chi connectivity index (χ1n) is 9.01. The molecule has 28 heavy (non-hydrogen) atoms. The highest BCUT2D eigenvalue weighted by Crippen LogP contribution is 2.20. The van der Waals surface area contributed by atoms with E-state index in [-0.39, 0.29) is 0 Å². The molecule has 0 aliphatic carbocycles. The summed E-state index contributed by atoms with van der Waals surface area (Å²) in [6, 6.07) is 8.41. The lowest BCUT2D eigenvalue weighted by atomic mass is 10.1. The third kappa shape index (κ3) is 3.75. The molecule has 0 spiro atoms. The summed E-state index contributed by atoms with van der Waals surface area (Å²) in [6.45, 7) is 2.58. The van der Waals surface area contributed by atoms with Crippen LogP contribution in [0.15, 0.2) is 55.1 Å². The van der Waals surface area contributed by atoms with Gasteiger partial charge in [0.25, 0.3) is 0 Å². The lowest BCUT2D eigenvalue weighted by molar-refractivity contribution is 0.584. The monoisotopic (exact) mass is 375 g/mol. The van der Waals surface area contributed by atoms with Crippen LogP contribution in [0.3, 0.4) is 0 Å². The van der Waals surface area contributed by atoms with E-state index in [4.69, 9.17) is 0 Å². The summed E-state index contributed by atoms with van der Waals surface area (Å²) in [7, 11) is 0. The van der Waals surface area contributed by atoms with Crippen LogP contribution >= 0.6 is 0 Å².